The molecule has 2 N–H and O–H groups in total. The lowest BCUT2D eigenvalue weighted by molar-refractivity contribution is 0.0532. The zero-order chi connectivity index (χ0) is 21.9. The van der Waals surface area contributed by atoms with Crippen LogP contribution in [0.1, 0.15) is 64.4 Å². The first-order valence-corrected chi connectivity index (χ1v) is 12.2. The molecule has 2 aliphatic rings. The number of benzene rings is 1. The Bertz CT molecular complexity index is 665. The minimum Gasteiger partial charge on any atom is -0.490 e. The van der Waals surface area contributed by atoms with Gasteiger partial charge in [-0.05, 0) is 70.1 Å². The van der Waals surface area contributed by atoms with E-state index in [1.54, 1.807) is 0 Å². The summed E-state index contributed by atoms with van der Waals surface area (Å²) in [5.41, 5.74) is 1.22. The van der Waals surface area contributed by atoms with Crippen molar-refractivity contribution in [2.75, 3.05) is 33.3 Å². The van der Waals surface area contributed by atoms with Crippen molar-refractivity contribution in [2.45, 2.75) is 83.6 Å². The van der Waals surface area contributed by atoms with Crippen LogP contribution < -0.4 is 15.4 Å². The van der Waals surface area contributed by atoms with Crippen molar-refractivity contribution in [3.8, 4) is 5.75 Å². The van der Waals surface area contributed by atoms with E-state index in [-0.39, 0.29) is 0 Å². The monoisotopic (exact) mass is 430 g/mol. The second kappa shape index (κ2) is 12.9. The van der Waals surface area contributed by atoms with Crippen LogP contribution in [0.4, 0.5) is 0 Å². The van der Waals surface area contributed by atoms with Gasteiger partial charge in [0, 0.05) is 39.3 Å². The number of nitrogens with one attached hydrogen (secondary N) is 2. The maximum atomic E-state index is 6.21. The summed E-state index contributed by atoms with van der Waals surface area (Å²) in [6, 6.07) is 8.93. The van der Waals surface area contributed by atoms with E-state index in [1.807, 2.05) is 7.05 Å². The summed E-state index contributed by atoms with van der Waals surface area (Å²) in [6.45, 7) is 8.99. The molecule has 1 saturated carbocycles. The van der Waals surface area contributed by atoms with Crippen LogP contribution in [0, 0.1) is 0 Å². The van der Waals surface area contributed by atoms with Crippen molar-refractivity contribution in [2.24, 2.45) is 4.99 Å². The smallest absolute Gasteiger partial charge is 0.191 e. The number of rotatable bonds is 9. The van der Waals surface area contributed by atoms with Gasteiger partial charge >= 0.3 is 0 Å². The van der Waals surface area contributed by atoms with Gasteiger partial charge in [-0.1, -0.05) is 18.6 Å². The van der Waals surface area contributed by atoms with Crippen LogP contribution in [-0.2, 0) is 11.3 Å². The predicted molar refractivity (Wildman–Crippen MR) is 128 cm³/mol. The molecule has 0 atom stereocenters. The standard InChI is InChI=1S/C25H42N4O2/c1-20(2)30-17-16-29-14-12-22(13-15-29)28-25(26-3)27-19-21-8-7-11-24(18-21)31-23-9-5-4-6-10-23/h7-8,11,18,20,22-23H,4-6,9-10,12-17,19H2,1-3H3,(H2,26,27,28). The second-order valence-electron chi connectivity index (χ2n) is 9.13. The Kier molecular flexibility index (Phi) is 9.94. The third kappa shape index (κ3) is 8.69. The second-order valence-corrected chi connectivity index (χ2v) is 9.13. The van der Waals surface area contributed by atoms with Crippen molar-refractivity contribution in [3.63, 3.8) is 0 Å². The van der Waals surface area contributed by atoms with Crippen LogP contribution in [0.25, 0.3) is 0 Å². The molecule has 1 aliphatic carbocycles. The highest BCUT2D eigenvalue weighted by molar-refractivity contribution is 5.79. The zero-order valence-corrected chi connectivity index (χ0v) is 19.7. The van der Waals surface area contributed by atoms with Crippen molar-refractivity contribution in [3.05, 3.63) is 29.8 Å². The summed E-state index contributed by atoms with van der Waals surface area (Å²) in [5, 5.41) is 7.07. The SMILES string of the molecule is CN=C(NCc1cccc(OC2CCCCC2)c1)NC1CCN(CCOC(C)C)CC1. The zero-order valence-electron chi connectivity index (χ0n) is 19.7. The van der Waals surface area contributed by atoms with Crippen LogP contribution in [0.3, 0.4) is 0 Å². The molecule has 1 saturated heterocycles. The van der Waals surface area contributed by atoms with Gasteiger partial charge in [-0.3, -0.25) is 4.99 Å². The molecular weight excluding hydrogens is 388 g/mol. The van der Waals surface area contributed by atoms with Crippen LogP contribution in [0.5, 0.6) is 5.75 Å². The van der Waals surface area contributed by atoms with E-state index in [1.165, 1.54) is 37.7 Å². The van der Waals surface area contributed by atoms with Crippen molar-refractivity contribution < 1.29 is 9.47 Å². The highest BCUT2D eigenvalue weighted by atomic mass is 16.5. The van der Waals surface area contributed by atoms with Gasteiger partial charge in [0.05, 0.1) is 18.8 Å². The maximum Gasteiger partial charge on any atom is 0.191 e. The lowest BCUT2D eigenvalue weighted by Crippen LogP contribution is -2.49. The molecule has 0 unspecified atom stereocenters. The predicted octanol–water partition coefficient (Wildman–Crippen LogP) is 3.95. The summed E-state index contributed by atoms with van der Waals surface area (Å²) >= 11 is 0. The molecule has 0 amide bonds. The highest BCUT2D eigenvalue weighted by Gasteiger charge is 2.20. The Hall–Kier alpha value is -1.79. The van der Waals surface area contributed by atoms with E-state index < -0.39 is 0 Å². The maximum absolute atomic E-state index is 6.21. The van der Waals surface area contributed by atoms with Gasteiger partial charge in [0.15, 0.2) is 5.96 Å². The van der Waals surface area contributed by atoms with E-state index in [0.29, 0.717) is 18.2 Å². The molecule has 0 aromatic heterocycles. The van der Waals surface area contributed by atoms with E-state index in [9.17, 15) is 0 Å². The molecule has 1 heterocycles. The summed E-state index contributed by atoms with van der Waals surface area (Å²) in [5.74, 6) is 1.86. The molecule has 6 heteroatoms. The molecular formula is C25H42N4O2. The van der Waals surface area contributed by atoms with Crippen molar-refractivity contribution >= 4 is 5.96 Å². The topological polar surface area (TPSA) is 58.1 Å². The number of nitrogens with zero attached hydrogens (tertiary/aromatic N) is 2. The van der Waals surface area contributed by atoms with Crippen LogP contribution in [0.2, 0.25) is 0 Å². The average Bonchev–Trinajstić information content (AvgIpc) is 2.78. The van der Waals surface area contributed by atoms with Crippen LogP contribution >= 0.6 is 0 Å². The van der Waals surface area contributed by atoms with Gasteiger partial charge in [-0.25, -0.2) is 0 Å². The summed E-state index contributed by atoms with van der Waals surface area (Å²) in [4.78, 5) is 6.93. The first-order valence-electron chi connectivity index (χ1n) is 12.2. The molecule has 1 aromatic carbocycles. The normalized spacial score (nSPS) is 19.5. The summed E-state index contributed by atoms with van der Waals surface area (Å²) in [7, 11) is 1.84. The van der Waals surface area contributed by atoms with Gasteiger partial charge < -0.3 is 25.0 Å². The first kappa shape index (κ1) is 23.9. The first-order chi connectivity index (χ1) is 15.1. The van der Waals surface area contributed by atoms with Crippen molar-refractivity contribution in [1.82, 2.24) is 15.5 Å². The number of hydrogen-bond acceptors (Lipinski definition) is 4. The number of piperidine rings is 1. The molecule has 174 valence electrons. The number of likely N-dealkylation sites (tertiary alicyclic amines) is 1. The molecule has 3 rings (SSSR count). The number of guanidine groups is 1. The minimum atomic E-state index is 0.313. The molecule has 0 radical (unpaired) electrons. The minimum absolute atomic E-state index is 0.313. The third-order valence-electron chi connectivity index (χ3n) is 6.22. The molecule has 1 aliphatic heterocycles. The third-order valence-corrected chi connectivity index (χ3v) is 6.22. The Balaban J connectivity index is 1.38. The van der Waals surface area contributed by atoms with E-state index >= 15 is 0 Å². The molecule has 2 fully saturated rings. The Morgan fingerprint density at radius 2 is 1.90 bits per heavy atom. The van der Waals surface area contributed by atoms with Gasteiger partial charge in [-0.15, -0.1) is 0 Å². The lowest BCUT2D eigenvalue weighted by Gasteiger charge is -2.33. The molecule has 1 aromatic rings. The van der Waals surface area contributed by atoms with Gasteiger partial charge in [0.1, 0.15) is 5.75 Å². The number of aliphatic imine (C=N–C) groups is 1. The Morgan fingerprint density at radius 3 is 2.61 bits per heavy atom. The van der Waals surface area contributed by atoms with Crippen LogP contribution in [0.15, 0.2) is 29.3 Å². The molecule has 31 heavy (non-hydrogen) atoms. The van der Waals surface area contributed by atoms with Gasteiger partial charge in [0.2, 0.25) is 0 Å². The fourth-order valence-electron chi connectivity index (χ4n) is 4.40. The van der Waals surface area contributed by atoms with Crippen LogP contribution in [-0.4, -0.2) is 62.4 Å². The Labute approximate surface area is 188 Å². The fourth-order valence-corrected chi connectivity index (χ4v) is 4.40. The lowest BCUT2D eigenvalue weighted by atomic mass is 9.98. The van der Waals surface area contributed by atoms with E-state index in [2.05, 4.69) is 58.6 Å². The summed E-state index contributed by atoms with van der Waals surface area (Å²) in [6.07, 6.45) is 9.26. The average molecular weight is 431 g/mol. The van der Waals surface area contributed by atoms with Gasteiger partial charge in [0.25, 0.3) is 0 Å². The quantitative estimate of drug-likeness (QED) is 0.459. The van der Waals surface area contributed by atoms with Gasteiger partial charge in [-0.2, -0.15) is 0 Å². The summed E-state index contributed by atoms with van der Waals surface area (Å²) < 4.78 is 11.9. The molecule has 0 bridgehead atoms. The number of hydrogen-bond donors (Lipinski definition) is 2. The molecule has 0 spiro atoms. The largest absolute Gasteiger partial charge is 0.490 e. The highest BCUT2D eigenvalue weighted by Crippen LogP contribution is 2.24. The van der Waals surface area contributed by atoms with Crippen molar-refractivity contribution in [1.29, 1.82) is 0 Å². The Morgan fingerprint density at radius 1 is 1.13 bits per heavy atom. The molecule has 6 nitrogen and oxygen atoms in total. The van der Waals surface area contributed by atoms with E-state index in [0.717, 1.165) is 57.3 Å². The number of ether oxygens (including phenoxy) is 2. The fraction of sp³-hybridized carbons (Fsp3) is 0.720. The van der Waals surface area contributed by atoms with E-state index in [4.69, 9.17) is 9.47 Å².